The molecule has 4 aromatic heterocycles. The summed E-state index contributed by atoms with van der Waals surface area (Å²) in [5.41, 5.74) is 7.04. The van der Waals surface area contributed by atoms with E-state index in [0.717, 1.165) is 64.4 Å². The van der Waals surface area contributed by atoms with Crippen LogP contribution >= 0.6 is 0 Å². The Balaban J connectivity index is 1.18. The average molecular weight is 508 g/mol. The number of fused-ring (bicyclic) bond motifs is 2. The predicted octanol–water partition coefficient (Wildman–Crippen LogP) is 5.63. The number of pyridine rings is 2. The molecule has 6 heterocycles. The fraction of sp³-hybridized carbons (Fsp3) is 0.367. The molecule has 0 aliphatic carbocycles. The van der Waals surface area contributed by atoms with E-state index in [9.17, 15) is 0 Å². The number of hydrogen-bond acceptors (Lipinski definition) is 6. The second-order valence-corrected chi connectivity index (χ2v) is 10.5. The molecule has 0 bridgehead atoms. The molecule has 194 valence electrons. The van der Waals surface area contributed by atoms with Crippen LogP contribution in [0.25, 0.3) is 44.5 Å². The van der Waals surface area contributed by atoms with E-state index in [0.29, 0.717) is 6.61 Å². The molecule has 0 saturated carbocycles. The predicted molar refractivity (Wildman–Crippen MR) is 152 cm³/mol. The van der Waals surface area contributed by atoms with Gasteiger partial charge in [-0.2, -0.15) is 5.10 Å². The molecule has 38 heavy (non-hydrogen) atoms. The number of aromatic amines is 2. The summed E-state index contributed by atoms with van der Waals surface area (Å²) in [5.74, 6) is 0.787. The van der Waals surface area contributed by atoms with Gasteiger partial charge in [0, 0.05) is 65.1 Å². The maximum atomic E-state index is 6.04. The van der Waals surface area contributed by atoms with Gasteiger partial charge in [0.1, 0.15) is 18.1 Å². The van der Waals surface area contributed by atoms with Gasteiger partial charge in [0.05, 0.1) is 11.9 Å². The maximum absolute atomic E-state index is 6.04. The standard InChI is InChI=1S/C30H33N7O/c1-2-11-37(12-3-1)28-8-6-7-26-24(28)17-27(33-26)29-25-16-22(19-32-30(25)35-34-29)21-15-23(20-31-18-21)38-14-13-36-9-4-5-10-36/h6-8,15-20,33H,1-5,9-14H2,(H,32,34,35). The van der Waals surface area contributed by atoms with Gasteiger partial charge < -0.3 is 14.6 Å². The minimum atomic E-state index is 0.675. The minimum absolute atomic E-state index is 0.675. The van der Waals surface area contributed by atoms with Crippen LogP contribution in [0.2, 0.25) is 0 Å². The van der Waals surface area contributed by atoms with E-state index in [2.05, 4.69) is 65.3 Å². The van der Waals surface area contributed by atoms with Crippen LogP contribution in [-0.4, -0.2) is 69.4 Å². The number of ether oxygens (including phenoxy) is 1. The molecule has 2 N–H and O–H groups in total. The van der Waals surface area contributed by atoms with E-state index in [1.54, 1.807) is 6.20 Å². The molecule has 7 rings (SSSR count). The Labute approximate surface area is 222 Å². The van der Waals surface area contributed by atoms with Crippen molar-refractivity contribution < 1.29 is 4.74 Å². The van der Waals surface area contributed by atoms with Crippen molar-refractivity contribution >= 4 is 27.6 Å². The molecule has 8 nitrogen and oxygen atoms in total. The second-order valence-electron chi connectivity index (χ2n) is 10.5. The van der Waals surface area contributed by atoms with Crippen LogP contribution in [0.5, 0.6) is 5.75 Å². The van der Waals surface area contributed by atoms with Crippen molar-refractivity contribution in [1.29, 1.82) is 0 Å². The summed E-state index contributed by atoms with van der Waals surface area (Å²) in [6.07, 6.45) is 11.9. The van der Waals surface area contributed by atoms with Crippen LogP contribution < -0.4 is 9.64 Å². The van der Waals surface area contributed by atoms with E-state index in [4.69, 9.17) is 4.74 Å². The number of likely N-dealkylation sites (tertiary alicyclic amines) is 1. The number of nitrogens with one attached hydrogen (secondary N) is 2. The number of anilines is 1. The lowest BCUT2D eigenvalue weighted by Gasteiger charge is -2.29. The molecule has 2 fully saturated rings. The molecule has 0 spiro atoms. The first-order valence-electron chi connectivity index (χ1n) is 13.8. The summed E-state index contributed by atoms with van der Waals surface area (Å²) < 4.78 is 6.04. The molecule has 1 aromatic carbocycles. The van der Waals surface area contributed by atoms with Crippen LogP contribution in [0.4, 0.5) is 5.69 Å². The second kappa shape index (κ2) is 10.1. The Morgan fingerprint density at radius 3 is 2.58 bits per heavy atom. The molecule has 0 amide bonds. The normalized spacial score (nSPS) is 16.6. The number of nitrogens with zero attached hydrogens (tertiary/aromatic N) is 5. The van der Waals surface area contributed by atoms with E-state index >= 15 is 0 Å². The first-order chi connectivity index (χ1) is 18.8. The summed E-state index contributed by atoms with van der Waals surface area (Å²) in [5, 5.41) is 10.00. The zero-order chi connectivity index (χ0) is 25.3. The third-order valence-electron chi connectivity index (χ3n) is 7.93. The van der Waals surface area contributed by atoms with Crippen molar-refractivity contribution in [3.05, 3.63) is 55.0 Å². The highest BCUT2D eigenvalue weighted by Crippen LogP contribution is 2.35. The Kier molecular flexibility index (Phi) is 6.17. The molecule has 2 saturated heterocycles. The van der Waals surface area contributed by atoms with Crippen molar-refractivity contribution in [2.24, 2.45) is 0 Å². The summed E-state index contributed by atoms with van der Waals surface area (Å²) in [4.78, 5) is 17.7. The lowest BCUT2D eigenvalue weighted by molar-refractivity contribution is 0.237. The molecule has 0 atom stereocenters. The molecular formula is C30H33N7O. The number of rotatable bonds is 7. The molecular weight excluding hydrogens is 474 g/mol. The van der Waals surface area contributed by atoms with Crippen LogP contribution in [0.15, 0.2) is 55.0 Å². The minimum Gasteiger partial charge on any atom is -0.491 e. The van der Waals surface area contributed by atoms with Gasteiger partial charge >= 0.3 is 0 Å². The highest BCUT2D eigenvalue weighted by Gasteiger charge is 2.18. The molecule has 0 radical (unpaired) electrons. The van der Waals surface area contributed by atoms with Gasteiger partial charge in [-0.3, -0.25) is 15.0 Å². The van der Waals surface area contributed by atoms with Gasteiger partial charge in [-0.25, -0.2) is 4.98 Å². The highest BCUT2D eigenvalue weighted by atomic mass is 16.5. The number of piperidine rings is 1. The van der Waals surface area contributed by atoms with E-state index in [-0.39, 0.29) is 0 Å². The smallest absolute Gasteiger partial charge is 0.155 e. The van der Waals surface area contributed by atoms with Crippen molar-refractivity contribution in [2.75, 3.05) is 44.2 Å². The zero-order valence-electron chi connectivity index (χ0n) is 21.6. The molecule has 2 aliphatic rings. The number of H-pyrrole nitrogens is 2. The quantitative estimate of drug-likeness (QED) is 0.297. The van der Waals surface area contributed by atoms with Gasteiger partial charge in [0.25, 0.3) is 0 Å². The summed E-state index contributed by atoms with van der Waals surface area (Å²) >= 11 is 0. The third kappa shape index (κ3) is 4.49. The van der Waals surface area contributed by atoms with Crippen molar-refractivity contribution in [3.8, 4) is 28.3 Å². The fourth-order valence-corrected chi connectivity index (χ4v) is 5.90. The van der Waals surface area contributed by atoms with Crippen molar-refractivity contribution in [1.82, 2.24) is 30.0 Å². The van der Waals surface area contributed by atoms with E-state index in [1.807, 2.05) is 18.5 Å². The number of hydrogen-bond donors (Lipinski definition) is 2. The lowest BCUT2D eigenvalue weighted by atomic mass is 10.1. The Bertz CT molecular complexity index is 1560. The van der Waals surface area contributed by atoms with Gasteiger partial charge in [-0.1, -0.05) is 6.07 Å². The van der Waals surface area contributed by atoms with Crippen LogP contribution in [0, 0.1) is 0 Å². The monoisotopic (exact) mass is 507 g/mol. The molecule has 2 aliphatic heterocycles. The summed E-state index contributed by atoms with van der Waals surface area (Å²) in [7, 11) is 0. The van der Waals surface area contributed by atoms with Gasteiger partial charge in [0.15, 0.2) is 5.65 Å². The molecule has 5 aromatic rings. The SMILES string of the molecule is c1cc(N2CCCCC2)c2cc(-c3n[nH]c4ncc(-c5cncc(OCCN6CCCC6)c5)cc34)[nH]c2c1. The topological polar surface area (TPSA) is 86.0 Å². The van der Waals surface area contributed by atoms with Crippen LogP contribution in [0.1, 0.15) is 32.1 Å². The average Bonchev–Trinajstić information content (AvgIpc) is 3.73. The Morgan fingerprint density at radius 1 is 0.842 bits per heavy atom. The van der Waals surface area contributed by atoms with Crippen LogP contribution in [0.3, 0.4) is 0 Å². The van der Waals surface area contributed by atoms with Crippen molar-refractivity contribution in [2.45, 2.75) is 32.1 Å². The van der Waals surface area contributed by atoms with Crippen LogP contribution in [-0.2, 0) is 0 Å². The number of benzene rings is 1. The third-order valence-corrected chi connectivity index (χ3v) is 7.93. The Hall–Kier alpha value is -3.91. The van der Waals surface area contributed by atoms with Gasteiger partial charge in [-0.05, 0) is 75.5 Å². The Morgan fingerprint density at radius 2 is 1.68 bits per heavy atom. The summed E-state index contributed by atoms with van der Waals surface area (Å²) in [6.45, 7) is 6.22. The maximum Gasteiger partial charge on any atom is 0.155 e. The van der Waals surface area contributed by atoms with Gasteiger partial charge in [-0.15, -0.1) is 0 Å². The number of aromatic nitrogens is 5. The van der Waals surface area contributed by atoms with Gasteiger partial charge in [0.2, 0.25) is 0 Å². The van der Waals surface area contributed by atoms with Crippen molar-refractivity contribution in [3.63, 3.8) is 0 Å². The first kappa shape index (κ1) is 23.2. The highest BCUT2D eigenvalue weighted by molar-refractivity contribution is 6.00. The zero-order valence-corrected chi connectivity index (χ0v) is 21.6. The fourth-order valence-electron chi connectivity index (χ4n) is 5.90. The summed E-state index contributed by atoms with van der Waals surface area (Å²) in [6, 6.07) is 12.9. The molecule has 8 heteroatoms. The van der Waals surface area contributed by atoms with E-state index < -0.39 is 0 Å². The first-order valence-corrected chi connectivity index (χ1v) is 13.8. The largest absolute Gasteiger partial charge is 0.491 e. The van der Waals surface area contributed by atoms with E-state index in [1.165, 1.54) is 56.3 Å². The lowest BCUT2D eigenvalue weighted by Crippen LogP contribution is -2.29. The molecule has 0 unspecified atom stereocenters.